The third-order valence-corrected chi connectivity index (χ3v) is 3.93. The van der Waals surface area contributed by atoms with Crippen molar-refractivity contribution in [3.8, 4) is 0 Å². The first kappa shape index (κ1) is 17.9. The van der Waals surface area contributed by atoms with E-state index in [1.165, 1.54) is 31.2 Å². The molecule has 1 aliphatic rings. The van der Waals surface area contributed by atoms with Crippen molar-refractivity contribution in [2.75, 3.05) is 0 Å². The molecule has 2 atom stereocenters. The standard InChI is InChI=1S/C17H21FN2O4/c1-10(21)19-14(8-12-4-6-13(18)7-5-12)16(22)20-15(17(23)24)9-11-2-3-11/h4-7,11,14-15H,2-3,8-9H2,1H3,(H,19,21)(H,20,22)(H,23,24)/t14-,15-/m1/s1. The molecule has 0 spiro atoms. The lowest BCUT2D eigenvalue weighted by molar-refractivity contribution is -0.142. The minimum Gasteiger partial charge on any atom is -0.480 e. The maximum atomic E-state index is 13.0. The van der Waals surface area contributed by atoms with E-state index in [0.717, 1.165) is 12.8 Å². The summed E-state index contributed by atoms with van der Waals surface area (Å²) >= 11 is 0. The van der Waals surface area contributed by atoms with Crippen LogP contribution in [0.4, 0.5) is 4.39 Å². The molecule has 3 N–H and O–H groups in total. The summed E-state index contributed by atoms with van der Waals surface area (Å²) in [6.45, 7) is 1.28. The fourth-order valence-corrected chi connectivity index (χ4v) is 2.49. The molecule has 0 radical (unpaired) electrons. The minimum absolute atomic E-state index is 0.154. The second kappa shape index (κ2) is 7.90. The molecule has 7 heteroatoms. The maximum absolute atomic E-state index is 13.0. The summed E-state index contributed by atoms with van der Waals surface area (Å²) in [6.07, 6.45) is 2.50. The fraction of sp³-hybridized carbons (Fsp3) is 0.471. The first-order valence-corrected chi connectivity index (χ1v) is 7.90. The lowest BCUT2D eigenvalue weighted by atomic mass is 10.0. The van der Waals surface area contributed by atoms with Gasteiger partial charge in [0.25, 0.3) is 0 Å². The molecule has 0 aliphatic heterocycles. The van der Waals surface area contributed by atoms with Gasteiger partial charge in [-0.1, -0.05) is 25.0 Å². The summed E-state index contributed by atoms with van der Waals surface area (Å²) in [7, 11) is 0. The largest absolute Gasteiger partial charge is 0.480 e. The summed E-state index contributed by atoms with van der Waals surface area (Å²) in [4.78, 5) is 35.0. The van der Waals surface area contributed by atoms with Crippen molar-refractivity contribution in [3.05, 3.63) is 35.6 Å². The molecule has 0 unspecified atom stereocenters. The van der Waals surface area contributed by atoms with Gasteiger partial charge in [-0.05, 0) is 30.0 Å². The summed E-state index contributed by atoms with van der Waals surface area (Å²) in [5.74, 6) is -2.09. The van der Waals surface area contributed by atoms with Crippen molar-refractivity contribution in [1.82, 2.24) is 10.6 Å². The average molecular weight is 336 g/mol. The Labute approximate surface area is 139 Å². The Balaban J connectivity index is 2.04. The molecule has 2 amide bonds. The van der Waals surface area contributed by atoms with Crippen LogP contribution in [0.15, 0.2) is 24.3 Å². The molecule has 1 aromatic carbocycles. The van der Waals surface area contributed by atoms with Crippen LogP contribution in [0.3, 0.4) is 0 Å². The third-order valence-electron chi connectivity index (χ3n) is 3.93. The number of carbonyl (C=O) groups excluding carboxylic acids is 2. The molecule has 1 fully saturated rings. The highest BCUT2D eigenvalue weighted by Crippen LogP contribution is 2.33. The Bertz CT molecular complexity index is 614. The van der Waals surface area contributed by atoms with Gasteiger partial charge < -0.3 is 15.7 Å². The van der Waals surface area contributed by atoms with Crippen LogP contribution in [0.1, 0.15) is 31.7 Å². The van der Waals surface area contributed by atoms with E-state index in [9.17, 15) is 23.9 Å². The zero-order valence-electron chi connectivity index (χ0n) is 13.4. The highest BCUT2D eigenvalue weighted by molar-refractivity contribution is 5.90. The quantitative estimate of drug-likeness (QED) is 0.666. The predicted molar refractivity (Wildman–Crippen MR) is 84.6 cm³/mol. The molecular formula is C17H21FN2O4. The van der Waals surface area contributed by atoms with E-state index in [1.807, 2.05) is 0 Å². The summed E-state index contributed by atoms with van der Waals surface area (Å²) < 4.78 is 13.0. The molecule has 2 rings (SSSR count). The molecule has 6 nitrogen and oxygen atoms in total. The van der Waals surface area contributed by atoms with E-state index in [4.69, 9.17) is 0 Å². The van der Waals surface area contributed by atoms with E-state index in [2.05, 4.69) is 10.6 Å². The van der Waals surface area contributed by atoms with Gasteiger partial charge >= 0.3 is 5.97 Å². The highest BCUT2D eigenvalue weighted by atomic mass is 19.1. The molecule has 1 aromatic rings. The van der Waals surface area contributed by atoms with Crippen molar-refractivity contribution in [3.63, 3.8) is 0 Å². The van der Waals surface area contributed by atoms with Crippen LogP contribution in [-0.4, -0.2) is 35.0 Å². The number of carboxylic acid groups (broad SMARTS) is 1. The maximum Gasteiger partial charge on any atom is 0.326 e. The van der Waals surface area contributed by atoms with Gasteiger partial charge in [0.2, 0.25) is 11.8 Å². The van der Waals surface area contributed by atoms with E-state index in [1.54, 1.807) is 0 Å². The van der Waals surface area contributed by atoms with Crippen LogP contribution in [0.2, 0.25) is 0 Å². The molecule has 0 bridgehead atoms. The van der Waals surface area contributed by atoms with E-state index >= 15 is 0 Å². The third kappa shape index (κ3) is 5.64. The number of benzene rings is 1. The molecular weight excluding hydrogens is 315 g/mol. The summed E-state index contributed by atoms with van der Waals surface area (Å²) in [5, 5.41) is 14.3. The Kier molecular flexibility index (Phi) is 5.89. The first-order chi connectivity index (χ1) is 11.3. The van der Waals surface area contributed by atoms with Crippen LogP contribution in [0.25, 0.3) is 0 Å². The van der Waals surface area contributed by atoms with Crippen LogP contribution in [0.5, 0.6) is 0 Å². The van der Waals surface area contributed by atoms with Gasteiger partial charge in [0.05, 0.1) is 0 Å². The lowest BCUT2D eigenvalue weighted by Crippen LogP contribution is -2.52. The van der Waals surface area contributed by atoms with Crippen LogP contribution in [-0.2, 0) is 20.8 Å². The van der Waals surface area contributed by atoms with Gasteiger partial charge in [-0.2, -0.15) is 0 Å². The molecule has 0 heterocycles. The van der Waals surface area contributed by atoms with Crippen molar-refractivity contribution >= 4 is 17.8 Å². The lowest BCUT2D eigenvalue weighted by Gasteiger charge is -2.21. The molecule has 0 aromatic heterocycles. The van der Waals surface area contributed by atoms with Gasteiger partial charge in [0.1, 0.15) is 17.9 Å². The number of carbonyl (C=O) groups is 3. The Morgan fingerprint density at radius 1 is 1.17 bits per heavy atom. The molecule has 24 heavy (non-hydrogen) atoms. The van der Waals surface area contributed by atoms with Crippen molar-refractivity contribution in [2.24, 2.45) is 5.92 Å². The molecule has 130 valence electrons. The van der Waals surface area contributed by atoms with Gasteiger partial charge in [-0.25, -0.2) is 9.18 Å². The normalized spacial score (nSPS) is 16.1. The topological polar surface area (TPSA) is 95.5 Å². The second-order valence-corrected chi connectivity index (χ2v) is 6.16. The fourth-order valence-electron chi connectivity index (χ4n) is 2.49. The molecule has 1 aliphatic carbocycles. The van der Waals surface area contributed by atoms with E-state index < -0.39 is 35.7 Å². The SMILES string of the molecule is CC(=O)N[C@H](Cc1ccc(F)cc1)C(=O)N[C@H](CC1CC1)C(=O)O. The van der Waals surface area contributed by atoms with E-state index in [0.29, 0.717) is 17.9 Å². The van der Waals surface area contributed by atoms with Gasteiger partial charge in [-0.3, -0.25) is 9.59 Å². The van der Waals surface area contributed by atoms with Gasteiger partial charge in [0, 0.05) is 13.3 Å². The van der Waals surface area contributed by atoms with Crippen LogP contribution >= 0.6 is 0 Å². The van der Waals surface area contributed by atoms with Crippen LogP contribution in [0, 0.1) is 11.7 Å². The Morgan fingerprint density at radius 3 is 2.29 bits per heavy atom. The molecule has 1 saturated carbocycles. The number of nitrogens with one attached hydrogen (secondary N) is 2. The number of aliphatic carboxylic acids is 1. The molecule has 0 saturated heterocycles. The number of amides is 2. The zero-order valence-corrected chi connectivity index (χ0v) is 13.4. The summed E-state index contributed by atoms with van der Waals surface area (Å²) in [6, 6.07) is 3.71. The smallest absolute Gasteiger partial charge is 0.326 e. The zero-order chi connectivity index (χ0) is 17.7. The predicted octanol–water partition coefficient (Wildman–Crippen LogP) is 1.24. The average Bonchev–Trinajstić information content (AvgIpc) is 3.31. The number of rotatable bonds is 8. The number of hydrogen-bond acceptors (Lipinski definition) is 3. The minimum atomic E-state index is -1.08. The van der Waals surface area contributed by atoms with E-state index in [-0.39, 0.29) is 6.42 Å². The van der Waals surface area contributed by atoms with Crippen molar-refractivity contribution in [2.45, 2.75) is 44.7 Å². The number of carboxylic acids is 1. The first-order valence-electron chi connectivity index (χ1n) is 7.90. The Hall–Kier alpha value is -2.44. The van der Waals surface area contributed by atoms with Gasteiger partial charge in [0.15, 0.2) is 0 Å². The Morgan fingerprint density at radius 2 is 1.79 bits per heavy atom. The van der Waals surface area contributed by atoms with Crippen molar-refractivity contribution < 1.29 is 23.9 Å². The highest BCUT2D eigenvalue weighted by Gasteiger charge is 2.32. The monoisotopic (exact) mass is 336 g/mol. The van der Waals surface area contributed by atoms with Gasteiger partial charge in [-0.15, -0.1) is 0 Å². The number of halogens is 1. The number of hydrogen-bond donors (Lipinski definition) is 3. The summed E-state index contributed by atoms with van der Waals surface area (Å²) in [5.41, 5.74) is 0.666. The van der Waals surface area contributed by atoms with Crippen molar-refractivity contribution in [1.29, 1.82) is 0 Å². The second-order valence-electron chi connectivity index (χ2n) is 6.16. The van der Waals surface area contributed by atoms with Crippen LogP contribution < -0.4 is 10.6 Å².